The second-order valence-corrected chi connectivity index (χ2v) is 20.5. The SMILES string of the molecule is CC1(c2cc(C3(C)C4CC5CC(C4)CC3C5)c(S(=O)(=O)O)c(C3(C)C4CC5CC(C4)CC3C5)c2)C2CC3CC(C2)CC1C3. The Morgan fingerprint density at radius 3 is 1.00 bits per heavy atom. The Kier molecular flexibility index (Phi) is 5.41. The van der Waals surface area contributed by atoms with Crippen molar-refractivity contribution in [3.63, 3.8) is 0 Å². The van der Waals surface area contributed by atoms with Crippen LogP contribution in [-0.2, 0) is 26.4 Å². The van der Waals surface area contributed by atoms with Crippen LogP contribution in [0.1, 0.15) is 134 Å². The second kappa shape index (κ2) is 8.53. The van der Waals surface area contributed by atoms with Crippen LogP contribution in [0.3, 0.4) is 0 Å². The molecule has 0 unspecified atom stereocenters. The molecule has 3 nitrogen and oxygen atoms in total. The summed E-state index contributed by atoms with van der Waals surface area (Å²) in [5.74, 6) is 8.77. The van der Waals surface area contributed by atoms with E-state index in [1.165, 1.54) is 102 Å². The topological polar surface area (TPSA) is 54.4 Å². The van der Waals surface area contributed by atoms with Crippen molar-refractivity contribution in [2.24, 2.45) is 71.0 Å². The molecule has 0 atom stereocenters. The maximum atomic E-state index is 14.0. The molecule has 1 N–H and O–H groups in total. The lowest BCUT2D eigenvalue weighted by molar-refractivity contribution is -0.0604. The molecule has 12 fully saturated rings. The molecule has 4 heteroatoms. The smallest absolute Gasteiger partial charge is 0.282 e. The average Bonchev–Trinajstić information content (AvgIpc) is 2.95. The Labute approximate surface area is 260 Å². The fraction of sp³-hybridized carbons (Fsp3) is 0.846. The van der Waals surface area contributed by atoms with Gasteiger partial charge in [0.15, 0.2) is 0 Å². The number of hydrogen-bond acceptors (Lipinski definition) is 2. The second-order valence-electron chi connectivity index (χ2n) is 19.1. The predicted octanol–water partition coefficient (Wildman–Crippen LogP) is 9.07. The molecule has 0 radical (unpaired) electrons. The van der Waals surface area contributed by atoms with Gasteiger partial charge in [0.1, 0.15) is 4.90 Å². The Hall–Kier alpha value is -0.870. The molecule has 0 saturated heterocycles. The lowest BCUT2D eigenvalue weighted by atomic mass is 9.41. The molecule has 13 rings (SSSR count). The molecule has 12 aliphatic rings. The van der Waals surface area contributed by atoms with Gasteiger partial charge in [-0.2, -0.15) is 8.42 Å². The van der Waals surface area contributed by atoms with E-state index in [0.717, 1.165) is 58.5 Å². The quantitative estimate of drug-likeness (QED) is 0.350. The first-order chi connectivity index (χ1) is 20.4. The Bertz CT molecular complexity index is 1330. The van der Waals surface area contributed by atoms with Crippen LogP contribution in [0.4, 0.5) is 0 Å². The van der Waals surface area contributed by atoms with Crippen LogP contribution >= 0.6 is 0 Å². The van der Waals surface area contributed by atoms with Crippen LogP contribution in [0.25, 0.3) is 0 Å². The summed E-state index contributed by atoms with van der Waals surface area (Å²) >= 11 is 0. The van der Waals surface area contributed by atoms with Gasteiger partial charge >= 0.3 is 0 Å². The Balaban J connectivity index is 1.23. The lowest BCUT2D eigenvalue weighted by Crippen LogP contribution is -2.57. The standard InChI is InChI=1S/C39H54O3S/c1-37(27-7-21-4-22(9-27)10-28(37)8-21)33-19-34(38(2)29-11-23-5-24(13-29)14-30(38)12-23)36(43(40,41)42)35(20-33)39(3)31-15-25-6-26(17-31)18-32(39)16-25/h19-32H,4-18H2,1-3H3,(H,40,41,42). The zero-order chi connectivity index (χ0) is 29.3. The van der Waals surface area contributed by atoms with E-state index >= 15 is 0 Å². The van der Waals surface area contributed by atoms with E-state index in [1.807, 2.05) is 0 Å². The minimum absolute atomic E-state index is 0.124. The van der Waals surface area contributed by atoms with Gasteiger partial charge in [-0.25, -0.2) is 0 Å². The molecule has 0 amide bonds. The molecule has 0 spiro atoms. The highest BCUT2D eigenvalue weighted by Crippen LogP contribution is 2.68. The van der Waals surface area contributed by atoms with Crippen molar-refractivity contribution in [1.82, 2.24) is 0 Å². The molecule has 0 aromatic heterocycles. The third-order valence-corrected chi connectivity index (χ3v) is 18.6. The number of rotatable bonds is 4. The van der Waals surface area contributed by atoms with Crippen molar-refractivity contribution < 1.29 is 13.0 Å². The first-order valence-corrected chi connectivity index (χ1v) is 20.0. The van der Waals surface area contributed by atoms with Gasteiger partial charge < -0.3 is 0 Å². The lowest BCUT2D eigenvalue weighted by Gasteiger charge is -2.63. The predicted molar refractivity (Wildman–Crippen MR) is 169 cm³/mol. The van der Waals surface area contributed by atoms with E-state index in [9.17, 15) is 13.0 Å². The normalized spacial score (nSPS) is 55.4. The van der Waals surface area contributed by atoms with Crippen molar-refractivity contribution in [2.45, 2.75) is 138 Å². The summed E-state index contributed by atoms with van der Waals surface area (Å²) in [5, 5.41) is 0. The molecule has 43 heavy (non-hydrogen) atoms. The van der Waals surface area contributed by atoms with Gasteiger partial charge in [-0.3, -0.25) is 4.55 Å². The molecule has 1 aromatic rings. The molecular weight excluding hydrogens is 548 g/mol. The first-order valence-electron chi connectivity index (χ1n) is 18.6. The number of benzene rings is 1. The van der Waals surface area contributed by atoms with Crippen molar-refractivity contribution in [1.29, 1.82) is 0 Å². The van der Waals surface area contributed by atoms with Gasteiger partial charge in [0.2, 0.25) is 0 Å². The van der Waals surface area contributed by atoms with E-state index in [0.29, 0.717) is 28.6 Å². The van der Waals surface area contributed by atoms with Crippen LogP contribution in [0.5, 0.6) is 0 Å². The minimum atomic E-state index is -4.39. The maximum absolute atomic E-state index is 14.0. The fourth-order valence-corrected chi connectivity index (χ4v) is 17.0. The van der Waals surface area contributed by atoms with Crippen molar-refractivity contribution >= 4 is 10.1 Å². The van der Waals surface area contributed by atoms with E-state index in [2.05, 4.69) is 32.9 Å². The summed E-state index contributed by atoms with van der Waals surface area (Å²) in [4.78, 5) is 0.397. The van der Waals surface area contributed by atoms with Crippen LogP contribution in [0, 0.1) is 71.0 Å². The van der Waals surface area contributed by atoms with E-state index in [-0.39, 0.29) is 16.2 Å². The monoisotopic (exact) mass is 602 g/mol. The molecule has 12 aliphatic carbocycles. The molecule has 0 aliphatic heterocycles. The summed E-state index contributed by atoms with van der Waals surface area (Å²) in [6, 6.07) is 4.91. The van der Waals surface area contributed by atoms with Crippen LogP contribution in [0.15, 0.2) is 17.0 Å². The molecule has 0 heterocycles. The van der Waals surface area contributed by atoms with Gasteiger partial charge in [-0.1, -0.05) is 32.9 Å². The Morgan fingerprint density at radius 1 is 0.488 bits per heavy atom. The maximum Gasteiger partial charge on any atom is 0.295 e. The van der Waals surface area contributed by atoms with Gasteiger partial charge in [-0.05, 0) is 200 Å². The first kappa shape index (κ1) is 27.3. The van der Waals surface area contributed by atoms with Gasteiger partial charge in [-0.15, -0.1) is 0 Å². The Morgan fingerprint density at radius 2 is 0.744 bits per heavy atom. The summed E-state index contributed by atoms with van der Waals surface area (Å²) < 4.78 is 39.4. The van der Waals surface area contributed by atoms with Crippen LogP contribution in [0.2, 0.25) is 0 Å². The van der Waals surface area contributed by atoms with Gasteiger partial charge in [0, 0.05) is 0 Å². The molecular formula is C39H54O3S. The third-order valence-electron chi connectivity index (χ3n) is 17.6. The fourth-order valence-electron chi connectivity index (χ4n) is 15.9. The molecule has 234 valence electrons. The van der Waals surface area contributed by atoms with Crippen LogP contribution in [-0.4, -0.2) is 13.0 Å². The number of hydrogen-bond donors (Lipinski definition) is 1. The highest BCUT2D eigenvalue weighted by Gasteiger charge is 2.62. The largest absolute Gasteiger partial charge is 0.295 e. The zero-order valence-electron chi connectivity index (χ0n) is 26.9. The summed E-state index contributed by atoms with van der Waals surface area (Å²) in [5.41, 5.74) is 3.42. The van der Waals surface area contributed by atoms with Gasteiger partial charge in [0.05, 0.1) is 0 Å². The molecule has 1 aromatic carbocycles. The minimum Gasteiger partial charge on any atom is -0.282 e. The van der Waals surface area contributed by atoms with Crippen molar-refractivity contribution in [3.05, 3.63) is 28.8 Å². The molecule has 12 saturated carbocycles. The average molecular weight is 603 g/mol. The van der Waals surface area contributed by atoms with Gasteiger partial charge in [0.25, 0.3) is 10.1 Å². The van der Waals surface area contributed by atoms with E-state index < -0.39 is 10.1 Å². The van der Waals surface area contributed by atoms with Crippen molar-refractivity contribution in [2.75, 3.05) is 0 Å². The van der Waals surface area contributed by atoms with E-state index in [1.54, 1.807) is 0 Å². The summed E-state index contributed by atoms with van der Waals surface area (Å²) in [6.07, 6.45) is 19.8. The molecule has 12 bridgehead atoms. The van der Waals surface area contributed by atoms with Crippen LogP contribution < -0.4 is 0 Å². The van der Waals surface area contributed by atoms with Crippen molar-refractivity contribution in [3.8, 4) is 0 Å². The summed E-state index contributed by atoms with van der Waals surface area (Å²) in [7, 11) is -4.39. The van der Waals surface area contributed by atoms with E-state index in [4.69, 9.17) is 0 Å². The highest BCUT2D eigenvalue weighted by molar-refractivity contribution is 7.86. The third kappa shape index (κ3) is 3.45. The zero-order valence-corrected chi connectivity index (χ0v) is 27.7. The summed E-state index contributed by atoms with van der Waals surface area (Å²) in [6.45, 7) is 7.54. The highest BCUT2D eigenvalue weighted by atomic mass is 32.2.